The van der Waals surface area contributed by atoms with Crippen LogP contribution >= 0.6 is 0 Å². The molecule has 0 saturated heterocycles. The van der Waals surface area contributed by atoms with E-state index in [1.54, 1.807) is 0 Å². The van der Waals surface area contributed by atoms with Gasteiger partial charge in [0.05, 0.1) is 5.54 Å². The van der Waals surface area contributed by atoms with Crippen LogP contribution in [0.5, 0.6) is 0 Å². The molecule has 0 heterocycles. The van der Waals surface area contributed by atoms with Gasteiger partial charge in [-0.3, -0.25) is 0 Å². The topological polar surface area (TPSA) is 12.0 Å². The van der Waals surface area contributed by atoms with Crippen LogP contribution in [0.25, 0.3) is 5.57 Å². The van der Waals surface area contributed by atoms with Gasteiger partial charge in [0.15, 0.2) is 0 Å². The molecule has 0 unspecified atom stereocenters. The zero-order valence-corrected chi connectivity index (χ0v) is 15.3. The Hall–Kier alpha value is -2.80. The van der Waals surface area contributed by atoms with Crippen LogP contribution in [0.1, 0.15) is 30.0 Å². The van der Waals surface area contributed by atoms with Crippen molar-refractivity contribution in [1.29, 1.82) is 0 Å². The molecule has 1 aliphatic rings. The summed E-state index contributed by atoms with van der Waals surface area (Å²) in [5.41, 5.74) is 6.30. The second-order valence-electron chi connectivity index (χ2n) is 7.34. The number of fused-ring (bicyclic) bond motifs is 1. The Kier molecular flexibility index (Phi) is 4.38. The lowest BCUT2D eigenvalue weighted by Gasteiger charge is -2.35. The van der Waals surface area contributed by atoms with Crippen molar-refractivity contribution in [3.8, 4) is 0 Å². The van der Waals surface area contributed by atoms with E-state index in [1.165, 1.54) is 22.3 Å². The van der Waals surface area contributed by atoms with E-state index in [2.05, 4.69) is 104 Å². The third-order valence-electron chi connectivity index (χ3n) is 5.69. The molecule has 1 heteroatoms. The average molecular weight is 339 g/mol. The highest BCUT2D eigenvalue weighted by Crippen LogP contribution is 2.51. The molecule has 0 aromatic heterocycles. The lowest BCUT2D eigenvalue weighted by atomic mass is 9.80. The first kappa shape index (κ1) is 16.7. The minimum absolute atomic E-state index is 0.149. The third-order valence-corrected chi connectivity index (χ3v) is 5.69. The molecule has 1 N–H and O–H groups in total. The van der Waals surface area contributed by atoms with Crippen molar-refractivity contribution in [1.82, 2.24) is 0 Å². The highest BCUT2D eigenvalue weighted by atomic mass is 15.0. The molecule has 2 atom stereocenters. The Balaban J connectivity index is 1.67. The molecule has 0 spiro atoms. The van der Waals surface area contributed by atoms with Gasteiger partial charge >= 0.3 is 0 Å². The maximum Gasteiger partial charge on any atom is 0.0671 e. The molecule has 1 nitrogen and oxygen atoms in total. The molecular formula is C25H25N. The van der Waals surface area contributed by atoms with Crippen LogP contribution in [0.3, 0.4) is 0 Å². The second-order valence-corrected chi connectivity index (χ2v) is 7.34. The Labute approximate surface area is 156 Å². The van der Waals surface area contributed by atoms with Gasteiger partial charge in [0, 0.05) is 11.6 Å². The van der Waals surface area contributed by atoms with E-state index >= 15 is 0 Å². The zero-order chi connectivity index (χ0) is 18.0. The number of benzene rings is 3. The predicted molar refractivity (Wildman–Crippen MR) is 111 cm³/mol. The van der Waals surface area contributed by atoms with E-state index in [0.717, 1.165) is 18.5 Å². The lowest BCUT2D eigenvalue weighted by molar-refractivity contribution is 0.404. The molecule has 130 valence electrons. The molecule has 0 saturated carbocycles. The molecule has 4 rings (SSSR count). The van der Waals surface area contributed by atoms with Gasteiger partial charge < -0.3 is 5.32 Å². The summed E-state index contributed by atoms with van der Waals surface area (Å²) in [6.45, 7) is 6.81. The van der Waals surface area contributed by atoms with E-state index in [0.29, 0.717) is 5.92 Å². The van der Waals surface area contributed by atoms with E-state index in [1.807, 2.05) is 0 Å². The normalized spacial score (nSPS) is 21.4. The molecule has 0 bridgehead atoms. The summed E-state index contributed by atoms with van der Waals surface area (Å²) in [6.07, 6.45) is 2.14. The molecule has 3 aromatic rings. The smallest absolute Gasteiger partial charge is 0.0671 e. The molecule has 26 heavy (non-hydrogen) atoms. The summed E-state index contributed by atoms with van der Waals surface area (Å²) >= 11 is 0. The summed E-state index contributed by atoms with van der Waals surface area (Å²) in [4.78, 5) is 0. The molecule has 0 amide bonds. The minimum Gasteiger partial charge on any atom is -0.375 e. The van der Waals surface area contributed by atoms with E-state index in [9.17, 15) is 0 Å². The highest BCUT2D eigenvalue weighted by Gasteiger charge is 2.44. The summed E-state index contributed by atoms with van der Waals surface area (Å²) in [5, 5.41) is 3.83. The Morgan fingerprint density at radius 3 is 2.19 bits per heavy atom. The largest absolute Gasteiger partial charge is 0.375 e. The first-order valence-corrected chi connectivity index (χ1v) is 9.34. The fraction of sp³-hybridized carbons (Fsp3) is 0.200. The number of hydrogen-bond donors (Lipinski definition) is 1. The molecule has 1 aliphatic carbocycles. The van der Waals surface area contributed by atoms with Crippen LogP contribution < -0.4 is 5.32 Å². The van der Waals surface area contributed by atoms with Crippen molar-refractivity contribution in [2.45, 2.75) is 25.3 Å². The van der Waals surface area contributed by atoms with Gasteiger partial charge in [0.25, 0.3) is 0 Å². The van der Waals surface area contributed by atoms with Crippen LogP contribution in [-0.4, -0.2) is 0 Å². The number of hydrogen-bond acceptors (Lipinski definition) is 1. The first-order chi connectivity index (χ1) is 12.7. The van der Waals surface area contributed by atoms with Gasteiger partial charge in [-0.15, -0.1) is 0 Å². The van der Waals surface area contributed by atoms with Crippen molar-refractivity contribution in [3.05, 3.63) is 108 Å². The van der Waals surface area contributed by atoms with Gasteiger partial charge in [0.1, 0.15) is 0 Å². The second kappa shape index (κ2) is 6.84. The third kappa shape index (κ3) is 2.94. The van der Waals surface area contributed by atoms with Gasteiger partial charge in [-0.1, -0.05) is 79.4 Å². The standard InChI is InChI=1S/C25H25N/c1-19-22-15-9-10-16-24(22)25(2,26-21-13-7-4-8-14-21)23(19)18-17-20-11-5-3-6-12-20/h3-16,23,26H,1,17-18H2,2H3/t23-,25-/m0/s1. The number of para-hydroxylation sites is 1. The monoisotopic (exact) mass is 339 g/mol. The van der Waals surface area contributed by atoms with E-state index in [4.69, 9.17) is 0 Å². The van der Waals surface area contributed by atoms with Crippen molar-refractivity contribution < 1.29 is 0 Å². The molecule has 0 radical (unpaired) electrons. The van der Waals surface area contributed by atoms with E-state index < -0.39 is 0 Å². The first-order valence-electron chi connectivity index (χ1n) is 9.34. The van der Waals surface area contributed by atoms with Crippen molar-refractivity contribution in [2.24, 2.45) is 5.92 Å². The van der Waals surface area contributed by atoms with Gasteiger partial charge in [-0.25, -0.2) is 0 Å². The van der Waals surface area contributed by atoms with Crippen LogP contribution in [0, 0.1) is 5.92 Å². The maximum atomic E-state index is 4.49. The lowest BCUT2D eigenvalue weighted by Crippen LogP contribution is -2.36. The summed E-state index contributed by atoms with van der Waals surface area (Å²) < 4.78 is 0. The summed E-state index contributed by atoms with van der Waals surface area (Å²) in [5.74, 6) is 0.361. The quantitative estimate of drug-likeness (QED) is 0.576. The molecule has 3 aromatic carbocycles. The molecule has 0 aliphatic heterocycles. The minimum atomic E-state index is -0.149. The Morgan fingerprint density at radius 2 is 1.46 bits per heavy atom. The number of rotatable bonds is 5. The number of nitrogens with one attached hydrogen (secondary N) is 1. The highest BCUT2D eigenvalue weighted by molar-refractivity contribution is 5.77. The zero-order valence-electron chi connectivity index (χ0n) is 15.3. The SMILES string of the molecule is C=C1c2ccccc2[C@@](C)(Nc2ccccc2)[C@H]1CCc1ccccc1. The number of anilines is 1. The van der Waals surface area contributed by atoms with Crippen LogP contribution in [0.4, 0.5) is 5.69 Å². The van der Waals surface area contributed by atoms with Crippen LogP contribution in [0.15, 0.2) is 91.5 Å². The summed E-state index contributed by atoms with van der Waals surface area (Å²) in [7, 11) is 0. The number of aryl methyl sites for hydroxylation is 1. The fourth-order valence-electron chi connectivity index (χ4n) is 4.33. The molecular weight excluding hydrogens is 314 g/mol. The van der Waals surface area contributed by atoms with Gasteiger partial charge in [-0.2, -0.15) is 0 Å². The predicted octanol–water partition coefficient (Wildman–Crippen LogP) is 6.29. The van der Waals surface area contributed by atoms with Crippen molar-refractivity contribution in [3.63, 3.8) is 0 Å². The van der Waals surface area contributed by atoms with E-state index in [-0.39, 0.29) is 5.54 Å². The average Bonchev–Trinajstić information content (AvgIpc) is 2.89. The molecule has 0 fully saturated rings. The maximum absolute atomic E-state index is 4.49. The fourth-order valence-corrected chi connectivity index (χ4v) is 4.33. The van der Waals surface area contributed by atoms with Crippen molar-refractivity contribution in [2.75, 3.05) is 5.32 Å². The van der Waals surface area contributed by atoms with Crippen LogP contribution in [-0.2, 0) is 12.0 Å². The Morgan fingerprint density at radius 1 is 0.846 bits per heavy atom. The van der Waals surface area contributed by atoms with Crippen LogP contribution in [0.2, 0.25) is 0 Å². The summed E-state index contributed by atoms with van der Waals surface area (Å²) in [6, 6.07) is 30.0. The van der Waals surface area contributed by atoms with Gasteiger partial charge in [-0.05, 0) is 54.2 Å². The van der Waals surface area contributed by atoms with Gasteiger partial charge in [0.2, 0.25) is 0 Å². The van der Waals surface area contributed by atoms with Crippen molar-refractivity contribution >= 4 is 11.3 Å². The Bertz CT molecular complexity index is 898.